The van der Waals surface area contributed by atoms with Gasteiger partial charge in [0.2, 0.25) is 5.91 Å². The first-order valence-corrected chi connectivity index (χ1v) is 7.33. The molecule has 1 fully saturated rings. The third kappa shape index (κ3) is 3.16. The molecular formula is C16H22N2O. The molecule has 2 atom stereocenters. The van der Waals surface area contributed by atoms with Gasteiger partial charge in [0.05, 0.1) is 6.04 Å². The van der Waals surface area contributed by atoms with E-state index in [1.807, 2.05) is 0 Å². The van der Waals surface area contributed by atoms with Gasteiger partial charge in [-0.3, -0.25) is 4.79 Å². The van der Waals surface area contributed by atoms with Crippen molar-refractivity contribution in [2.24, 2.45) is 5.92 Å². The summed E-state index contributed by atoms with van der Waals surface area (Å²) < 4.78 is 0. The minimum Gasteiger partial charge on any atom is -0.352 e. The molecule has 3 nitrogen and oxygen atoms in total. The van der Waals surface area contributed by atoms with Crippen molar-refractivity contribution in [1.82, 2.24) is 10.6 Å². The summed E-state index contributed by atoms with van der Waals surface area (Å²) in [6.07, 6.45) is 4.62. The van der Waals surface area contributed by atoms with E-state index < -0.39 is 0 Å². The molecule has 0 radical (unpaired) electrons. The van der Waals surface area contributed by atoms with Crippen LogP contribution in [0.5, 0.6) is 0 Å². The Kier molecular flexibility index (Phi) is 3.56. The molecule has 3 heteroatoms. The average Bonchev–Trinajstić information content (AvgIpc) is 3.21. The van der Waals surface area contributed by atoms with Gasteiger partial charge in [0.25, 0.3) is 0 Å². The summed E-state index contributed by atoms with van der Waals surface area (Å²) in [5, 5.41) is 6.49. The first-order valence-electron chi connectivity index (χ1n) is 7.33. The van der Waals surface area contributed by atoms with Gasteiger partial charge in [-0.2, -0.15) is 0 Å². The van der Waals surface area contributed by atoms with Crippen LogP contribution < -0.4 is 10.6 Å². The highest BCUT2D eigenvalue weighted by Gasteiger charge is 2.27. The van der Waals surface area contributed by atoms with Crippen LogP contribution in [0.25, 0.3) is 0 Å². The minimum absolute atomic E-state index is 0.0726. The van der Waals surface area contributed by atoms with Crippen molar-refractivity contribution < 1.29 is 4.79 Å². The second kappa shape index (κ2) is 5.33. The number of hydrogen-bond acceptors (Lipinski definition) is 2. The van der Waals surface area contributed by atoms with Gasteiger partial charge in [0.1, 0.15) is 0 Å². The lowest BCUT2D eigenvalue weighted by atomic mass is 9.95. The highest BCUT2D eigenvalue weighted by Crippen LogP contribution is 2.33. The summed E-state index contributed by atoms with van der Waals surface area (Å²) in [6, 6.07) is 8.60. The fourth-order valence-corrected chi connectivity index (χ4v) is 2.90. The van der Waals surface area contributed by atoms with Crippen LogP contribution in [0.4, 0.5) is 0 Å². The molecule has 102 valence electrons. The predicted molar refractivity (Wildman–Crippen MR) is 75.7 cm³/mol. The summed E-state index contributed by atoms with van der Waals surface area (Å²) in [4.78, 5) is 12.2. The van der Waals surface area contributed by atoms with Gasteiger partial charge in [0, 0.05) is 12.6 Å². The smallest absolute Gasteiger partial charge is 0.237 e. The Morgan fingerprint density at radius 3 is 2.84 bits per heavy atom. The Bertz CT molecular complexity index is 468. The van der Waals surface area contributed by atoms with Gasteiger partial charge in [-0.1, -0.05) is 37.1 Å². The molecule has 1 aromatic rings. The van der Waals surface area contributed by atoms with E-state index >= 15 is 0 Å². The van der Waals surface area contributed by atoms with Crippen LogP contribution in [0.3, 0.4) is 0 Å². The molecule has 1 saturated carbocycles. The maximum Gasteiger partial charge on any atom is 0.237 e. The predicted octanol–water partition coefficient (Wildman–Crippen LogP) is 2.01. The number of fused-ring (bicyclic) bond motifs is 1. The quantitative estimate of drug-likeness (QED) is 0.867. The minimum atomic E-state index is -0.0726. The van der Waals surface area contributed by atoms with E-state index in [9.17, 15) is 4.79 Å². The highest BCUT2D eigenvalue weighted by atomic mass is 16.2. The van der Waals surface area contributed by atoms with Crippen molar-refractivity contribution in [2.75, 3.05) is 0 Å². The second-order valence-electron chi connectivity index (χ2n) is 6.00. The number of rotatable bonds is 4. The molecule has 1 aliphatic carbocycles. The van der Waals surface area contributed by atoms with Crippen LogP contribution in [-0.2, 0) is 17.8 Å². The number of nitrogens with one attached hydrogen (secondary N) is 2. The fourth-order valence-electron chi connectivity index (χ4n) is 2.90. The standard InChI is InChI=1S/C16H22N2O/c1-11(8-12-6-7-12)18-16(19)15-9-13-4-2-3-5-14(13)10-17-15/h2-5,11-12,15,17H,6-10H2,1H3,(H,18,19)/t11?,15-/m0/s1. The van der Waals surface area contributed by atoms with Crippen LogP contribution in [0.2, 0.25) is 0 Å². The number of hydrogen-bond donors (Lipinski definition) is 2. The Hall–Kier alpha value is -1.35. The lowest BCUT2D eigenvalue weighted by Crippen LogP contribution is -2.49. The van der Waals surface area contributed by atoms with Crippen molar-refractivity contribution in [2.45, 2.75) is 51.2 Å². The van der Waals surface area contributed by atoms with Crippen LogP contribution >= 0.6 is 0 Å². The zero-order valence-electron chi connectivity index (χ0n) is 11.5. The lowest BCUT2D eigenvalue weighted by molar-refractivity contribution is -0.124. The zero-order valence-corrected chi connectivity index (χ0v) is 11.5. The molecule has 0 spiro atoms. The van der Waals surface area contributed by atoms with Gasteiger partial charge in [-0.25, -0.2) is 0 Å². The molecule has 1 heterocycles. The first-order chi connectivity index (χ1) is 9.22. The second-order valence-corrected chi connectivity index (χ2v) is 6.00. The normalized spacial score (nSPS) is 23.5. The lowest BCUT2D eigenvalue weighted by Gasteiger charge is -2.26. The van der Waals surface area contributed by atoms with Gasteiger partial charge in [-0.15, -0.1) is 0 Å². The van der Waals surface area contributed by atoms with Crippen LogP contribution in [-0.4, -0.2) is 18.0 Å². The Morgan fingerprint density at radius 2 is 2.11 bits per heavy atom. The SMILES string of the molecule is CC(CC1CC1)NC(=O)[C@@H]1Cc2ccccc2CN1. The van der Waals surface area contributed by atoms with Gasteiger partial charge in [-0.05, 0) is 36.8 Å². The average molecular weight is 258 g/mol. The summed E-state index contributed by atoms with van der Waals surface area (Å²) in [7, 11) is 0. The van der Waals surface area contributed by atoms with Crippen molar-refractivity contribution in [1.29, 1.82) is 0 Å². The largest absolute Gasteiger partial charge is 0.352 e. The molecule has 0 saturated heterocycles. The molecule has 1 aromatic carbocycles. The van der Waals surface area contributed by atoms with Crippen molar-refractivity contribution in [3.8, 4) is 0 Å². The number of carbonyl (C=O) groups is 1. The molecule has 1 aliphatic heterocycles. The molecule has 0 aromatic heterocycles. The van der Waals surface area contributed by atoms with E-state index in [2.05, 4.69) is 41.8 Å². The summed E-state index contributed by atoms with van der Waals surface area (Å²) in [5.41, 5.74) is 2.62. The monoisotopic (exact) mass is 258 g/mol. The molecular weight excluding hydrogens is 236 g/mol. The summed E-state index contributed by atoms with van der Waals surface area (Å²) >= 11 is 0. The van der Waals surface area contributed by atoms with Crippen molar-refractivity contribution in [3.63, 3.8) is 0 Å². The maximum absolute atomic E-state index is 12.2. The van der Waals surface area contributed by atoms with Crippen molar-refractivity contribution in [3.05, 3.63) is 35.4 Å². The van der Waals surface area contributed by atoms with E-state index in [1.165, 1.54) is 24.0 Å². The van der Waals surface area contributed by atoms with E-state index in [0.717, 1.165) is 25.3 Å². The zero-order chi connectivity index (χ0) is 13.2. The van der Waals surface area contributed by atoms with Gasteiger partial charge >= 0.3 is 0 Å². The maximum atomic E-state index is 12.2. The molecule has 3 rings (SSSR count). The fraction of sp³-hybridized carbons (Fsp3) is 0.562. The Balaban J connectivity index is 1.56. The number of benzene rings is 1. The van der Waals surface area contributed by atoms with E-state index in [-0.39, 0.29) is 11.9 Å². The van der Waals surface area contributed by atoms with E-state index in [0.29, 0.717) is 6.04 Å². The Labute approximate surface area is 114 Å². The van der Waals surface area contributed by atoms with E-state index in [4.69, 9.17) is 0 Å². The molecule has 1 unspecified atom stereocenters. The topological polar surface area (TPSA) is 41.1 Å². The molecule has 1 amide bonds. The summed E-state index contributed by atoms with van der Waals surface area (Å²) in [6.45, 7) is 2.91. The van der Waals surface area contributed by atoms with Crippen LogP contribution in [0, 0.1) is 5.92 Å². The highest BCUT2D eigenvalue weighted by molar-refractivity contribution is 5.82. The first kappa shape index (κ1) is 12.7. The number of carbonyl (C=O) groups excluding carboxylic acids is 1. The van der Waals surface area contributed by atoms with Crippen LogP contribution in [0.15, 0.2) is 24.3 Å². The molecule has 0 bridgehead atoms. The summed E-state index contributed by atoms with van der Waals surface area (Å²) in [5.74, 6) is 1.01. The van der Waals surface area contributed by atoms with Gasteiger partial charge < -0.3 is 10.6 Å². The van der Waals surface area contributed by atoms with Crippen molar-refractivity contribution >= 4 is 5.91 Å². The molecule has 2 aliphatic rings. The van der Waals surface area contributed by atoms with E-state index in [1.54, 1.807) is 0 Å². The molecule has 2 N–H and O–H groups in total. The van der Waals surface area contributed by atoms with Crippen LogP contribution in [0.1, 0.15) is 37.3 Å². The molecule has 19 heavy (non-hydrogen) atoms. The number of amides is 1. The Morgan fingerprint density at radius 1 is 1.37 bits per heavy atom. The third-order valence-electron chi connectivity index (χ3n) is 4.17. The third-order valence-corrected chi connectivity index (χ3v) is 4.17. The van der Waals surface area contributed by atoms with Gasteiger partial charge in [0.15, 0.2) is 0 Å².